The maximum Gasteiger partial charge on any atom is 0.135 e. The minimum absolute atomic E-state index is 0.250. The second-order valence-electron chi connectivity index (χ2n) is 4.80. The molecule has 0 unspecified atom stereocenters. The average Bonchev–Trinajstić information content (AvgIpc) is 3.21. The molecule has 1 saturated carbocycles. The van der Waals surface area contributed by atoms with Crippen LogP contribution in [0.1, 0.15) is 30.1 Å². The van der Waals surface area contributed by atoms with Crippen LogP contribution in [0.15, 0.2) is 28.9 Å². The Balaban J connectivity index is 1.74. The summed E-state index contributed by atoms with van der Waals surface area (Å²) < 4.78 is 27.1. The monoisotopic (exact) mass is 339 g/mol. The number of hydrogen-bond acceptors (Lipinski definition) is 3. The van der Waals surface area contributed by atoms with Crippen molar-refractivity contribution in [2.24, 2.45) is 0 Å². The van der Waals surface area contributed by atoms with Gasteiger partial charge in [0, 0.05) is 30.2 Å². The predicted octanol–water partition coefficient (Wildman–Crippen LogP) is 4.01. The van der Waals surface area contributed by atoms with Crippen molar-refractivity contribution in [1.29, 1.82) is 0 Å². The van der Waals surface area contributed by atoms with Crippen molar-refractivity contribution in [3.05, 3.63) is 51.9 Å². The van der Waals surface area contributed by atoms with Crippen LogP contribution in [-0.2, 0) is 6.54 Å². The number of nitrogens with zero attached hydrogens (tertiary/aromatic N) is 2. The van der Waals surface area contributed by atoms with Crippen molar-refractivity contribution in [3.8, 4) is 0 Å². The van der Waals surface area contributed by atoms with Gasteiger partial charge in [0.15, 0.2) is 0 Å². The Morgan fingerprint density at radius 2 is 2.00 bits per heavy atom. The number of aromatic nitrogens is 2. The molecule has 6 heteroatoms. The molecule has 0 saturated heterocycles. The van der Waals surface area contributed by atoms with E-state index in [1.54, 1.807) is 6.07 Å². The minimum atomic E-state index is -0.577. The van der Waals surface area contributed by atoms with Crippen LogP contribution < -0.4 is 5.32 Å². The van der Waals surface area contributed by atoms with Crippen molar-refractivity contribution < 1.29 is 8.78 Å². The highest BCUT2D eigenvalue weighted by atomic mass is 79.9. The first kappa shape index (κ1) is 13.4. The fourth-order valence-electron chi connectivity index (χ4n) is 1.90. The molecule has 1 heterocycles. The number of rotatable bonds is 4. The van der Waals surface area contributed by atoms with Gasteiger partial charge in [-0.25, -0.2) is 18.7 Å². The largest absolute Gasteiger partial charge is 0.366 e. The van der Waals surface area contributed by atoms with E-state index in [9.17, 15) is 8.78 Å². The van der Waals surface area contributed by atoms with Crippen molar-refractivity contribution >= 4 is 21.7 Å². The van der Waals surface area contributed by atoms with Crippen LogP contribution in [0.2, 0.25) is 0 Å². The molecule has 3 nitrogen and oxygen atoms in total. The summed E-state index contributed by atoms with van der Waals surface area (Å²) in [6, 6.07) is 5.29. The van der Waals surface area contributed by atoms with Gasteiger partial charge in [0.2, 0.25) is 0 Å². The van der Waals surface area contributed by atoms with Crippen LogP contribution >= 0.6 is 15.9 Å². The van der Waals surface area contributed by atoms with Crippen LogP contribution in [0.5, 0.6) is 0 Å². The Bertz CT molecular complexity index is 644. The van der Waals surface area contributed by atoms with Gasteiger partial charge < -0.3 is 5.32 Å². The van der Waals surface area contributed by atoms with E-state index in [1.807, 2.05) is 0 Å². The molecular weight excluding hydrogens is 328 g/mol. The third-order valence-corrected chi connectivity index (χ3v) is 3.54. The van der Waals surface area contributed by atoms with E-state index >= 15 is 0 Å². The molecule has 2 aromatic rings. The summed E-state index contributed by atoms with van der Waals surface area (Å²) in [7, 11) is 0. The average molecular weight is 340 g/mol. The zero-order valence-corrected chi connectivity index (χ0v) is 12.1. The van der Waals surface area contributed by atoms with Gasteiger partial charge in [0.05, 0.1) is 0 Å². The first-order valence-corrected chi connectivity index (χ1v) is 7.13. The third kappa shape index (κ3) is 3.12. The highest BCUT2D eigenvalue weighted by Gasteiger charge is 2.27. The summed E-state index contributed by atoms with van der Waals surface area (Å²) in [5, 5.41) is 3.04. The van der Waals surface area contributed by atoms with Crippen LogP contribution in [-0.4, -0.2) is 9.97 Å². The van der Waals surface area contributed by atoms with Gasteiger partial charge in [-0.15, -0.1) is 0 Å². The minimum Gasteiger partial charge on any atom is -0.366 e. The van der Waals surface area contributed by atoms with Crippen molar-refractivity contribution in [3.63, 3.8) is 0 Å². The van der Waals surface area contributed by atoms with Gasteiger partial charge in [-0.3, -0.25) is 0 Å². The van der Waals surface area contributed by atoms with E-state index in [-0.39, 0.29) is 6.54 Å². The summed E-state index contributed by atoms with van der Waals surface area (Å²) in [6.45, 7) is 0.250. The van der Waals surface area contributed by atoms with Gasteiger partial charge in [-0.1, -0.05) is 6.07 Å². The number of anilines is 1. The molecule has 0 amide bonds. The normalized spacial score (nSPS) is 14.3. The van der Waals surface area contributed by atoms with Crippen LogP contribution in [0.25, 0.3) is 0 Å². The quantitative estimate of drug-likeness (QED) is 0.855. The van der Waals surface area contributed by atoms with E-state index < -0.39 is 11.6 Å². The summed E-state index contributed by atoms with van der Waals surface area (Å²) in [4.78, 5) is 8.73. The lowest BCUT2D eigenvalue weighted by atomic mass is 10.2. The summed E-state index contributed by atoms with van der Waals surface area (Å²) in [5.41, 5.74) is 0.397. The molecule has 0 radical (unpaired) electrons. The van der Waals surface area contributed by atoms with Crippen LogP contribution in [0.3, 0.4) is 0 Å². The summed E-state index contributed by atoms with van der Waals surface area (Å²) >= 11 is 3.34. The lowest BCUT2D eigenvalue weighted by Crippen LogP contribution is -2.06. The lowest BCUT2D eigenvalue weighted by Gasteiger charge is -2.08. The molecule has 1 N–H and O–H groups in total. The molecule has 0 atom stereocenters. The Labute approximate surface area is 123 Å². The zero-order valence-electron chi connectivity index (χ0n) is 10.5. The molecule has 1 aromatic carbocycles. The molecule has 1 aliphatic rings. The molecule has 0 aliphatic heterocycles. The van der Waals surface area contributed by atoms with Crippen molar-refractivity contribution in [2.45, 2.75) is 25.3 Å². The number of halogens is 3. The van der Waals surface area contributed by atoms with Crippen LogP contribution in [0.4, 0.5) is 14.6 Å². The van der Waals surface area contributed by atoms with E-state index in [1.165, 1.54) is 12.1 Å². The van der Waals surface area contributed by atoms with Crippen LogP contribution in [0, 0.1) is 11.6 Å². The Morgan fingerprint density at radius 3 is 2.70 bits per heavy atom. The fourth-order valence-corrected chi connectivity index (χ4v) is 2.30. The number of hydrogen-bond donors (Lipinski definition) is 1. The highest BCUT2D eigenvalue weighted by Crippen LogP contribution is 2.38. The fraction of sp³-hybridized carbons (Fsp3) is 0.286. The molecule has 1 aliphatic carbocycles. The third-order valence-electron chi connectivity index (χ3n) is 3.13. The van der Waals surface area contributed by atoms with Gasteiger partial charge in [0.25, 0.3) is 0 Å². The summed E-state index contributed by atoms with van der Waals surface area (Å²) in [5.74, 6) is 0.745. The second kappa shape index (κ2) is 5.44. The molecule has 0 spiro atoms. The van der Waals surface area contributed by atoms with Gasteiger partial charge in [-0.2, -0.15) is 0 Å². The Morgan fingerprint density at radius 1 is 1.20 bits per heavy atom. The Hall–Kier alpha value is -1.56. The Kier molecular flexibility index (Phi) is 3.65. The molecule has 104 valence electrons. The standard InChI is InChI=1S/C14H12BrF2N3/c15-12-6-13(20-14(19-12)8-1-2-8)18-7-9-3-4-10(16)5-11(9)17/h3-6,8H,1-2,7H2,(H,18,19,20). The molecule has 1 fully saturated rings. The zero-order chi connectivity index (χ0) is 14.1. The van der Waals surface area contributed by atoms with Crippen molar-refractivity contribution in [2.75, 3.05) is 5.32 Å². The van der Waals surface area contributed by atoms with E-state index in [2.05, 4.69) is 31.2 Å². The van der Waals surface area contributed by atoms with Gasteiger partial charge in [-0.05, 0) is 34.8 Å². The number of nitrogens with one attached hydrogen (secondary N) is 1. The number of benzene rings is 1. The maximum atomic E-state index is 13.5. The SMILES string of the molecule is Fc1ccc(CNc2cc(Br)nc(C3CC3)n2)c(F)c1. The molecular formula is C14H12BrF2N3. The molecule has 20 heavy (non-hydrogen) atoms. The lowest BCUT2D eigenvalue weighted by molar-refractivity contribution is 0.574. The first-order valence-electron chi connectivity index (χ1n) is 6.34. The first-order chi connectivity index (χ1) is 9.61. The van der Waals surface area contributed by atoms with E-state index in [0.29, 0.717) is 21.9 Å². The molecule has 0 bridgehead atoms. The molecule has 1 aromatic heterocycles. The second-order valence-corrected chi connectivity index (χ2v) is 5.61. The van der Waals surface area contributed by atoms with Crippen molar-refractivity contribution in [1.82, 2.24) is 9.97 Å². The highest BCUT2D eigenvalue weighted by molar-refractivity contribution is 9.10. The topological polar surface area (TPSA) is 37.8 Å². The maximum absolute atomic E-state index is 13.5. The predicted molar refractivity (Wildman–Crippen MR) is 75.4 cm³/mol. The van der Waals surface area contributed by atoms with Gasteiger partial charge >= 0.3 is 0 Å². The van der Waals surface area contributed by atoms with E-state index in [4.69, 9.17) is 0 Å². The van der Waals surface area contributed by atoms with Gasteiger partial charge in [0.1, 0.15) is 27.9 Å². The smallest absolute Gasteiger partial charge is 0.135 e. The molecule has 3 rings (SSSR count). The van der Waals surface area contributed by atoms with E-state index in [0.717, 1.165) is 24.7 Å². The summed E-state index contributed by atoms with van der Waals surface area (Å²) in [6.07, 6.45) is 2.23.